The summed E-state index contributed by atoms with van der Waals surface area (Å²) < 4.78 is 0. The highest BCUT2D eigenvalue weighted by Gasteiger charge is 2.31. The number of rotatable bonds is 4. The molecule has 0 aliphatic carbocycles. The number of nitro benzene ring substituents is 1. The van der Waals surface area contributed by atoms with Gasteiger partial charge in [-0.15, -0.1) is 0 Å². The number of hydrogen-bond donors (Lipinski definition) is 1. The molecule has 1 N–H and O–H groups in total. The predicted molar refractivity (Wildman–Crippen MR) is 116 cm³/mol. The molecule has 0 radical (unpaired) electrons. The third-order valence-corrected chi connectivity index (χ3v) is 5.79. The van der Waals surface area contributed by atoms with Gasteiger partial charge < -0.3 is 10.2 Å². The molecule has 1 fully saturated rings. The molecule has 1 saturated heterocycles. The predicted octanol–water partition coefficient (Wildman–Crippen LogP) is 5.21. The molecule has 1 aliphatic heterocycles. The summed E-state index contributed by atoms with van der Waals surface area (Å²) in [6.07, 6.45) is 2.91. The number of nitro groups is 1. The van der Waals surface area contributed by atoms with Crippen molar-refractivity contribution in [2.75, 3.05) is 5.32 Å². The van der Waals surface area contributed by atoms with E-state index >= 15 is 0 Å². The molecule has 1 heterocycles. The maximum atomic E-state index is 13.3. The number of piperidine rings is 1. The fraction of sp³-hybridized carbons (Fsp3) is 0.364. The van der Waals surface area contributed by atoms with Gasteiger partial charge in [0, 0.05) is 34.3 Å². The number of halogens is 1. The molecule has 8 heteroatoms. The zero-order chi connectivity index (χ0) is 22.0. The Morgan fingerprint density at radius 2 is 1.80 bits per heavy atom. The molecule has 30 heavy (non-hydrogen) atoms. The maximum Gasteiger partial charge on any atom is 0.273 e. The third-order valence-electron chi connectivity index (χ3n) is 5.56. The van der Waals surface area contributed by atoms with E-state index in [1.165, 1.54) is 18.2 Å². The number of nitrogens with zero attached hydrogens (tertiary/aromatic N) is 2. The van der Waals surface area contributed by atoms with Gasteiger partial charge in [0.25, 0.3) is 17.5 Å². The van der Waals surface area contributed by atoms with Crippen molar-refractivity contribution in [3.63, 3.8) is 0 Å². The van der Waals surface area contributed by atoms with Gasteiger partial charge in [-0.3, -0.25) is 19.7 Å². The van der Waals surface area contributed by atoms with Crippen molar-refractivity contribution in [3.8, 4) is 0 Å². The second-order valence-corrected chi connectivity index (χ2v) is 8.18. The summed E-state index contributed by atoms with van der Waals surface area (Å²) >= 11 is 6.14. The molecule has 0 saturated carbocycles. The number of benzene rings is 2. The van der Waals surface area contributed by atoms with Gasteiger partial charge in [0.05, 0.1) is 16.2 Å². The molecule has 3 rings (SSSR count). The van der Waals surface area contributed by atoms with E-state index in [0.717, 1.165) is 19.3 Å². The second-order valence-electron chi connectivity index (χ2n) is 7.74. The minimum Gasteiger partial charge on any atom is -0.333 e. The normalized spacial score (nSPS) is 18.7. The largest absolute Gasteiger partial charge is 0.333 e. The van der Waals surface area contributed by atoms with Crippen LogP contribution in [0.3, 0.4) is 0 Å². The molecule has 2 unspecified atom stereocenters. The molecular weight excluding hydrogens is 406 g/mol. The Bertz CT molecular complexity index is 998. The van der Waals surface area contributed by atoms with Crippen LogP contribution in [0.25, 0.3) is 0 Å². The average molecular weight is 430 g/mol. The summed E-state index contributed by atoms with van der Waals surface area (Å²) in [7, 11) is 0. The molecule has 2 aromatic rings. The van der Waals surface area contributed by atoms with E-state index in [0.29, 0.717) is 21.8 Å². The first kappa shape index (κ1) is 21.8. The summed E-state index contributed by atoms with van der Waals surface area (Å²) in [6.45, 7) is 5.64. The Labute approximate surface area is 180 Å². The van der Waals surface area contributed by atoms with E-state index < -0.39 is 10.8 Å². The summed E-state index contributed by atoms with van der Waals surface area (Å²) in [5, 5.41) is 14.3. The number of carbonyl (C=O) groups is 2. The minimum absolute atomic E-state index is 0.0866. The van der Waals surface area contributed by atoms with Gasteiger partial charge >= 0.3 is 0 Å². The van der Waals surface area contributed by atoms with Crippen molar-refractivity contribution < 1.29 is 14.5 Å². The van der Waals surface area contributed by atoms with Gasteiger partial charge in [-0.2, -0.15) is 0 Å². The summed E-state index contributed by atoms with van der Waals surface area (Å²) in [6, 6.07) is 9.17. The first-order chi connectivity index (χ1) is 14.2. The molecule has 2 aromatic carbocycles. The minimum atomic E-state index is -0.533. The summed E-state index contributed by atoms with van der Waals surface area (Å²) in [5.41, 5.74) is 1.10. The summed E-state index contributed by atoms with van der Waals surface area (Å²) in [4.78, 5) is 38.6. The molecule has 0 bridgehead atoms. The molecule has 158 valence electrons. The first-order valence-electron chi connectivity index (χ1n) is 9.87. The number of likely N-dealkylation sites (tertiary alicyclic amines) is 1. The van der Waals surface area contributed by atoms with Crippen molar-refractivity contribution in [1.29, 1.82) is 0 Å². The van der Waals surface area contributed by atoms with Crippen molar-refractivity contribution in [2.24, 2.45) is 0 Å². The Balaban J connectivity index is 1.92. The van der Waals surface area contributed by atoms with Crippen LogP contribution in [0, 0.1) is 17.0 Å². The van der Waals surface area contributed by atoms with Crippen LogP contribution in [-0.2, 0) is 0 Å². The topological polar surface area (TPSA) is 92.6 Å². The van der Waals surface area contributed by atoms with Crippen molar-refractivity contribution in [1.82, 2.24) is 4.90 Å². The second kappa shape index (κ2) is 8.83. The van der Waals surface area contributed by atoms with Crippen LogP contribution < -0.4 is 5.32 Å². The highest BCUT2D eigenvalue weighted by atomic mass is 35.5. The standard InChI is InChI=1S/C22H24ClN3O4/c1-13-7-8-16(11-20(13)26(29)30)21(27)24-19-10-9-17(23)12-18(19)22(28)25-14(2)5-4-6-15(25)3/h7-12,14-15H,4-6H2,1-3H3,(H,24,27). The van der Waals surface area contributed by atoms with Gasteiger partial charge in [0.2, 0.25) is 0 Å². The number of hydrogen-bond acceptors (Lipinski definition) is 4. The van der Waals surface area contributed by atoms with Gasteiger partial charge in [-0.1, -0.05) is 17.7 Å². The van der Waals surface area contributed by atoms with Gasteiger partial charge in [-0.25, -0.2) is 0 Å². The fourth-order valence-corrected chi connectivity index (χ4v) is 4.08. The Morgan fingerprint density at radius 3 is 2.43 bits per heavy atom. The number of nitrogens with one attached hydrogen (secondary N) is 1. The van der Waals surface area contributed by atoms with Crippen LogP contribution in [0.15, 0.2) is 36.4 Å². The number of anilines is 1. The highest BCUT2D eigenvalue weighted by molar-refractivity contribution is 6.31. The third kappa shape index (κ3) is 4.46. The first-order valence-corrected chi connectivity index (χ1v) is 10.3. The molecule has 0 spiro atoms. The Morgan fingerprint density at radius 1 is 1.13 bits per heavy atom. The zero-order valence-electron chi connectivity index (χ0n) is 17.1. The van der Waals surface area contributed by atoms with Crippen LogP contribution in [0.4, 0.5) is 11.4 Å². The lowest BCUT2D eigenvalue weighted by Crippen LogP contribution is -2.47. The van der Waals surface area contributed by atoms with E-state index in [-0.39, 0.29) is 29.2 Å². The Hall–Kier alpha value is -2.93. The SMILES string of the molecule is Cc1ccc(C(=O)Nc2ccc(Cl)cc2C(=O)N2C(C)CCCC2C)cc1[N+](=O)[O-]. The van der Waals surface area contributed by atoms with Crippen molar-refractivity contribution in [3.05, 3.63) is 68.2 Å². The molecule has 7 nitrogen and oxygen atoms in total. The van der Waals surface area contributed by atoms with Crippen molar-refractivity contribution >= 4 is 34.8 Å². The van der Waals surface area contributed by atoms with Crippen LogP contribution in [0.2, 0.25) is 5.02 Å². The van der Waals surface area contributed by atoms with E-state index in [1.807, 2.05) is 18.7 Å². The molecule has 1 aliphatic rings. The lowest BCUT2D eigenvalue weighted by atomic mass is 9.96. The van der Waals surface area contributed by atoms with Crippen LogP contribution in [0.5, 0.6) is 0 Å². The Kier molecular flexibility index (Phi) is 6.41. The molecule has 0 aromatic heterocycles. The number of carbonyl (C=O) groups excluding carboxylic acids is 2. The zero-order valence-corrected chi connectivity index (χ0v) is 17.9. The number of amides is 2. The highest BCUT2D eigenvalue weighted by Crippen LogP contribution is 2.29. The van der Waals surface area contributed by atoms with E-state index in [9.17, 15) is 19.7 Å². The smallest absolute Gasteiger partial charge is 0.273 e. The average Bonchev–Trinajstić information content (AvgIpc) is 2.69. The van der Waals surface area contributed by atoms with Gasteiger partial charge in [0.1, 0.15) is 0 Å². The van der Waals surface area contributed by atoms with Crippen LogP contribution in [0.1, 0.15) is 59.4 Å². The maximum absolute atomic E-state index is 13.3. The number of aryl methyl sites for hydroxylation is 1. The molecule has 2 amide bonds. The van der Waals surface area contributed by atoms with E-state index in [4.69, 9.17) is 11.6 Å². The monoisotopic (exact) mass is 429 g/mol. The van der Waals surface area contributed by atoms with E-state index in [2.05, 4.69) is 5.32 Å². The van der Waals surface area contributed by atoms with Crippen molar-refractivity contribution in [2.45, 2.75) is 52.1 Å². The van der Waals surface area contributed by atoms with Gasteiger partial charge in [-0.05, 0) is 64.3 Å². The van der Waals surface area contributed by atoms with E-state index in [1.54, 1.807) is 25.1 Å². The van der Waals surface area contributed by atoms with Gasteiger partial charge in [0.15, 0.2) is 0 Å². The molecular formula is C22H24ClN3O4. The lowest BCUT2D eigenvalue weighted by Gasteiger charge is -2.39. The lowest BCUT2D eigenvalue weighted by molar-refractivity contribution is -0.385. The quantitative estimate of drug-likeness (QED) is 0.533. The fourth-order valence-electron chi connectivity index (χ4n) is 3.90. The molecule has 2 atom stereocenters. The van der Waals surface area contributed by atoms with Crippen LogP contribution in [-0.4, -0.2) is 33.7 Å². The summed E-state index contributed by atoms with van der Waals surface area (Å²) in [5.74, 6) is -0.725. The van der Waals surface area contributed by atoms with Crippen LogP contribution >= 0.6 is 11.6 Å².